The van der Waals surface area contributed by atoms with E-state index in [1.54, 1.807) is 34.0 Å². The van der Waals surface area contributed by atoms with E-state index in [1.807, 2.05) is 0 Å². The Morgan fingerprint density at radius 1 is 0.667 bits per heavy atom. The summed E-state index contributed by atoms with van der Waals surface area (Å²) < 4.78 is 0. The molecule has 0 aromatic heterocycles. The number of amides is 2. The third kappa shape index (κ3) is 34.1. The molecule has 0 aromatic rings. The summed E-state index contributed by atoms with van der Waals surface area (Å²) in [6, 6.07) is 0. The van der Waals surface area contributed by atoms with Crippen molar-refractivity contribution in [2.75, 3.05) is 63.9 Å². The van der Waals surface area contributed by atoms with Crippen molar-refractivity contribution in [3.05, 3.63) is 24.6 Å². The maximum Gasteiger partial charge on any atom is 0.242 e. The topological polar surface area (TPSA) is 186 Å². The Kier molecular flexibility index (Phi) is 28.2. The van der Waals surface area contributed by atoms with Gasteiger partial charge in [-0.05, 0) is 39.0 Å². The highest BCUT2D eigenvalue weighted by molar-refractivity contribution is 8.76. The lowest BCUT2D eigenvalue weighted by Gasteiger charge is -2.04. The standard InChI is InChI=1S/C10H18N4O2S2.C8H22N4/c11-9(15)1-3-13-5-7-17-18-8-6-14-4-2-10(12)16;9-3-1-5-11-7-8-12-6-2-4-10/h1-4,13-14H,5-8H2,(H2,11,15)(H2,12,16);11-12H,1-10H2. The molecule has 0 saturated carbocycles. The predicted octanol–water partition coefficient (Wildman–Crippen LogP) is -1.59. The molecule has 0 aliphatic rings. The highest BCUT2D eigenvalue weighted by Gasteiger charge is 1.90. The lowest BCUT2D eigenvalue weighted by molar-refractivity contribution is -0.114. The van der Waals surface area contributed by atoms with Gasteiger partial charge in [-0.15, -0.1) is 0 Å². The molecular weight excluding hydrogens is 424 g/mol. The fourth-order valence-corrected chi connectivity index (χ4v) is 3.49. The fourth-order valence-electron chi connectivity index (χ4n) is 1.65. The SMILES string of the molecule is NC(=O)C=CNCCSSCCNC=CC(N)=O.NCCCNCCNCCCN. The van der Waals surface area contributed by atoms with Crippen LogP contribution in [0.3, 0.4) is 0 Å². The summed E-state index contributed by atoms with van der Waals surface area (Å²) in [6.45, 7) is 7.17. The van der Waals surface area contributed by atoms with Crippen LogP contribution in [0.5, 0.6) is 0 Å². The van der Waals surface area contributed by atoms with E-state index in [1.165, 1.54) is 12.2 Å². The minimum Gasteiger partial charge on any atom is -0.390 e. The number of nitrogens with one attached hydrogen (secondary N) is 4. The Morgan fingerprint density at radius 3 is 1.40 bits per heavy atom. The van der Waals surface area contributed by atoms with Gasteiger partial charge < -0.3 is 44.2 Å². The lowest BCUT2D eigenvalue weighted by Crippen LogP contribution is -2.29. The van der Waals surface area contributed by atoms with Crippen LogP contribution >= 0.6 is 21.6 Å². The van der Waals surface area contributed by atoms with Crippen molar-refractivity contribution in [1.29, 1.82) is 0 Å². The molecule has 176 valence electrons. The Bertz CT molecular complexity index is 414. The first-order valence-corrected chi connectivity index (χ1v) is 12.5. The highest BCUT2D eigenvalue weighted by Crippen LogP contribution is 2.19. The van der Waals surface area contributed by atoms with Crippen LogP contribution in [0.25, 0.3) is 0 Å². The van der Waals surface area contributed by atoms with E-state index < -0.39 is 11.8 Å². The normalized spacial score (nSPS) is 10.7. The first kappa shape index (κ1) is 30.8. The molecule has 0 aliphatic carbocycles. The van der Waals surface area contributed by atoms with Crippen molar-refractivity contribution in [2.24, 2.45) is 22.9 Å². The summed E-state index contributed by atoms with van der Waals surface area (Å²) in [7, 11) is 3.45. The van der Waals surface area contributed by atoms with Crippen molar-refractivity contribution < 1.29 is 9.59 Å². The Hall–Kier alpha value is -1.44. The van der Waals surface area contributed by atoms with Crippen LogP contribution in [0.2, 0.25) is 0 Å². The molecule has 12 heteroatoms. The van der Waals surface area contributed by atoms with Crippen molar-refractivity contribution in [1.82, 2.24) is 21.3 Å². The fraction of sp³-hybridized carbons (Fsp3) is 0.667. The van der Waals surface area contributed by atoms with Crippen molar-refractivity contribution in [3.63, 3.8) is 0 Å². The average Bonchev–Trinajstić information content (AvgIpc) is 2.71. The van der Waals surface area contributed by atoms with Crippen LogP contribution < -0.4 is 44.2 Å². The van der Waals surface area contributed by atoms with E-state index in [0.29, 0.717) is 0 Å². The zero-order valence-corrected chi connectivity index (χ0v) is 19.4. The molecule has 0 atom stereocenters. The zero-order valence-electron chi connectivity index (χ0n) is 17.7. The van der Waals surface area contributed by atoms with E-state index in [-0.39, 0.29) is 0 Å². The van der Waals surface area contributed by atoms with Crippen LogP contribution in [-0.2, 0) is 9.59 Å². The summed E-state index contributed by atoms with van der Waals surface area (Å²) in [5.74, 6) is 0.926. The maximum atomic E-state index is 10.3. The number of carbonyl (C=O) groups excluding carboxylic acids is 2. The second-order valence-corrected chi connectivity index (χ2v) is 8.51. The number of hydrogen-bond acceptors (Lipinski definition) is 10. The molecule has 0 saturated heterocycles. The lowest BCUT2D eigenvalue weighted by atomic mass is 10.4. The highest BCUT2D eigenvalue weighted by atomic mass is 33.1. The number of primary amides is 2. The molecule has 0 spiro atoms. The maximum absolute atomic E-state index is 10.3. The molecule has 0 radical (unpaired) electrons. The summed E-state index contributed by atoms with van der Waals surface area (Å²) in [5.41, 5.74) is 20.5. The van der Waals surface area contributed by atoms with Gasteiger partial charge in [-0.25, -0.2) is 0 Å². The van der Waals surface area contributed by atoms with Gasteiger partial charge in [0, 0.05) is 62.2 Å². The third-order valence-electron chi connectivity index (χ3n) is 3.07. The van der Waals surface area contributed by atoms with Gasteiger partial charge in [0.05, 0.1) is 0 Å². The molecule has 0 aromatic carbocycles. The van der Waals surface area contributed by atoms with Gasteiger partial charge in [0.15, 0.2) is 0 Å². The van der Waals surface area contributed by atoms with Crippen LogP contribution in [0.1, 0.15) is 12.8 Å². The Morgan fingerprint density at radius 2 is 1.07 bits per heavy atom. The number of carbonyl (C=O) groups is 2. The average molecular weight is 465 g/mol. The summed E-state index contributed by atoms with van der Waals surface area (Å²) in [4.78, 5) is 20.7. The van der Waals surface area contributed by atoms with Crippen LogP contribution in [0.15, 0.2) is 24.6 Å². The largest absolute Gasteiger partial charge is 0.390 e. The summed E-state index contributed by atoms with van der Waals surface area (Å²) in [6.07, 6.45) is 7.78. The van der Waals surface area contributed by atoms with E-state index >= 15 is 0 Å². The Labute approximate surface area is 188 Å². The van der Waals surface area contributed by atoms with Gasteiger partial charge in [-0.3, -0.25) is 9.59 Å². The second-order valence-electron chi connectivity index (χ2n) is 5.81. The van der Waals surface area contributed by atoms with Gasteiger partial charge in [0.2, 0.25) is 11.8 Å². The molecule has 30 heavy (non-hydrogen) atoms. The minimum atomic E-state index is -0.459. The molecule has 0 aliphatic heterocycles. The van der Waals surface area contributed by atoms with Gasteiger partial charge >= 0.3 is 0 Å². The van der Waals surface area contributed by atoms with Crippen LogP contribution in [0, 0.1) is 0 Å². The number of rotatable bonds is 20. The number of hydrogen-bond donors (Lipinski definition) is 8. The van der Waals surface area contributed by atoms with Crippen molar-refractivity contribution >= 4 is 33.4 Å². The smallest absolute Gasteiger partial charge is 0.242 e. The second kappa shape index (κ2) is 27.6. The Balaban J connectivity index is 0. The van der Waals surface area contributed by atoms with Crippen molar-refractivity contribution in [2.45, 2.75) is 12.8 Å². The molecule has 0 heterocycles. The molecule has 10 nitrogen and oxygen atoms in total. The monoisotopic (exact) mass is 464 g/mol. The van der Waals surface area contributed by atoms with E-state index in [9.17, 15) is 9.59 Å². The molecule has 12 N–H and O–H groups in total. The van der Waals surface area contributed by atoms with Crippen LogP contribution in [-0.4, -0.2) is 75.7 Å². The van der Waals surface area contributed by atoms with Gasteiger partial charge in [-0.1, -0.05) is 21.6 Å². The molecule has 0 bridgehead atoms. The van der Waals surface area contributed by atoms with Gasteiger partial charge in [0.25, 0.3) is 0 Å². The minimum absolute atomic E-state index is 0.459. The van der Waals surface area contributed by atoms with Crippen molar-refractivity contribution in [3.8, 4) is 0 Å². The quantitative estimate of drug-likeness (QED) is 0.0593. The summed E-state index contributed by atoms with van der Waals surface area (Å²) >= 11 is 0. The molecule has 0 fully saturated rings. The molecule has 2 amide bonds. The summed E-state index contributed by atoms with van der Waals surface area (Å²) in [5, 5.41) is 12.5. The molecule has 0 unspecified atom stereocenters. The van der Waals surface area contributed by atoms with Crippen LogP contribution in [0.4, 0.5) is 0 Å². The first-order chi connectivity index (χ1) is 14.5. The molecule has 0 rings (SSSR count). The molecular formula is C18H40N8O2S2. The predicted molar refractivity (Wildman–Crippen MR) is 131 cm³/mol. The number of nitrogens with two attached hydrogens (primary N) is 4. The van der Waals surface area contributed by atoms with E-state index in [2.05, 4.69) is 21.3 Å². The first-order valence-electron chi connectivity index (χ1n) is 9.99. The van der Waals surface area contributed by atoms with Gasteiger partial charge in [-0.2, -0.15) is 0 Å². The zero-order chi connectivity index (χ0) is 22.7. The van der Waals surface area contributed by atoms with Gasteiger partial charge in [0.1, 0.15) is 0 Å². The van der Waals surface area contributed by atoms with E-state index in [4.69, 9.17) is 22.9 Å². The van der Waals surface area contributed by atoms with E-state index in [0.717, 1.165) is 76.7 Å². The third-order valence-corrected chi connectivity index (χ3v) is 5.48.